The van der Waals surface area contributed by atoms with Crippen LogP contribution in [0.3, 0.4) is 0 Å². The molecule has 3 heterocycles. The average Bonchev–Trinajstić information content (AvgIpc) is 3.37. The van der Waals surface area contributed by atoms with Gasteiger partial charge in [-0.3, -0.25) is 4.79 Å². The number of pyridine rings is 3. The summed E-state index contributed by atoms with van der Waals surface area (Å²) in [6, 6.07) is 6.84. The quantitative estimate of drug-likeness (QED) is 0.759. The highest BCUT2D eigenvalue weighted by Crippen LogP contribution is 2.29. The van der Waals surface area contributed by atoms with Crippen molar-refractivity contribution >= 4 is 39.8 Å². The molecular formula is C17H16ClN5O. The van der Waals surface area contributed by atoms with Crippen LogP contribution in [0.5, 0.6) is 0 Å². The van der Waals surface area contributed by atoms with Gasteiger partial charge in [-0.2, -0.15) is 0 Å². The Hall–Kier alpha value is -2.60. The minimum absolute atomic E-state index is 0.237. The lowest BCUT2D eigenvalue weighted by Gasteiger charge is -2.12. The Morgan fingerprint density at radius 3 is 2.96 bits per heavy atom. The molecule has 4 rings (SSSR count). The molecule has 1 aliphatic carbocycles. The van der Waals surface area contributed by atoms with Crippen molar-refractivity contribution in [2.45, 2.75) is 18.9 Å². The summed E-state index contributed by atoms with van der Waals surface area (Å²) in [5.41, 5.74) is -0.601. The van der Waals surface area contributed by atoms with Crippen LogP contribution >= 0.6 is 11.6 Å². The Kier molecular flexibility index (Phi) is 2.86. The second kappa shape index (κ2) is 5.79. The van der Waals surface area contributed by atoms with Gasteiger partial charge in [0.25, 0.3) is 5.56 Å². The van der Waals surface area contributed by atoms with E-state index in [1.54, 1.807) is 30.5 Å². The smallest absolute Gasteiger partial charge is 0.261 e. The topological polar surface area (TPSA) is 71.8 Å². The molecule has 0 unspecified atom stereocenters. The third-order valence-electron chi connectivity index (χ3n) is 3.78. The lowest BCUT2D eigenvalue weighted by Crippen LogP contribution is -2.18. The highest BCUT2D eigenvalue weighted by Gasteiger charge is 2.23. The van der Waals surface area contributed by atoms with E-state index in [0.29, 0.717) is 27.9 Å². The summed E-state index contributed by atoms with van der Waals surface area (Å²) >= 11 is 5.99. The summed E-state index contributed by atoms with van der Waals surface area (Å²) in [6.07, 6.45) is 4.82. The van der Waals surface area contributed by atoms with E-state index in [1.807, 2.05) is 0 Å². The molecule has 0 aliphatic heterocycles. The number of anilines is 3. The molecule has 3 aromatic rings. The van der Waals surface area contributed by atoms with Crippen LogP contribution in [0, 0.1) is 0 Å². The minimum atomic E-state index is -2.55. The highest BCUT2D eigenvalue weighted by atomic mass is 35.5. The Labute approximate surface area is 147 Å². The molecule has 24 heavy (non-hydrogen) atoms. The van der Waals surface area contributed by atoms with E-state index in [9.17, 15) is 4.79 Å². The van der Waals surface area contributed by atoms with Gasteiger partial charge < -0.3 is 15.2 Å². The Balaban J connectivity index is 1.84. The van der Waals surface area contributed by atoms with Crippen molar-refractivity contribution < 1.29 is 4.11 Å². The number of hydrogen-bond donors (Lipinski definition) is 2. The predicted molar refractivity (Wildman–Crippen MR) is 96.2 cm³/mol. The van der Waals surface area contributed by atoms with Gasteiger partial charge in [-0.1, -0.05) is 11.6 Å². The van der Waals surface area contributed by atoms with E-state index in [0.717, 1.165) is 17.4 Å². The molecule has 0 saturated heterocycles. The summed E-state index contributed by atoms with van der Waals surface area (Å²) in [6.45, 7) is -2.55. The van der Waals surface area contributed by atoms with Gasteiger partial charge >= 0.3 is 0 Å². The summed E-state index contributed by atoms with van der Waals surface area (Å²) < 4.78 is 23.4. The van der Waals surface area contributed by atoms with Gasteiger partial charge in [0.15, 0.2) is 0 Å². The molecule has 3 aromatic heterocycles. The number of aromatic nitrogens is 3. The maximum Gasteiger partial charge on any atom is 0.261 e. The summed E-state index contributed by atoms with van der Waals surface area (Å²) in [5.74, 6) is 1.36. The number of nitrogens with one attached hydrogen (secondary N) is 2. The van der Waals surface area contributed by atoms with Crippen molar-refractivity contribution in [3.8, 4) is 0 Å². The van der Waals surface area contributed by atoms with Gasteiger partial charge in [0, 0.05) is 34.5 Å². The normalized spacial score (nSPS) is 16.3. The van der Waals surface area contributed by atoms with Gasteiger partial charge in [-0.05, 0) is 42.5 Å². The van der Waals surface area contributed by atoms with Gasteiger partial charge in [0.2, 0.25) is 0 Å². The minimum Gasteiger partial charge on any atom is -0.367 e. The molecule has 122 valence electrons. The SMILES string of the molecule is [2H]C([2H])([2H])n1ccc2cc(Nc3cc(Cl)ccn3)nc(NC3CC3)c2c1=O. The number of nitrogens with zero attached hydrogens (tertiary/aromatic N) is 3. The van der Waals surface area contributed by atoms with Crippen LogP contribution in [0.25, 0.3) is 10.8 Å². The summed E-state index contributed by atoms with van der Waals surface area (Å²) in [4.78, 5) is 21.5. The van der Waals surface area contributed by atoms with E-state index >= 15 is 0 Å². The molecule has 1 fully saturated rings. The first kappa shape index (κ1) is 11.9. The van der Waals surface area contributed by atoms with Crippen molar-refractivity contribution in [1.29, 1.82) is 0 Å². The molecule has 1 saturated carbocycles. The lowest BCUT2D eigenvalue weighted by atomic mass is 10.2. The molecule has 0 spiro atoms. The van der Waals surface area contributed by atoms with Gasteiger partial charge in [0.1, 0.15) is 17.5 Å². The maximum absolute atomic E-state index is 12.8. The largest absolute Gasteiger partial charge is 0.367 e. The highest BCUT2D eigenvalue weighted by molar-refractivity contribution is 6.30. The molecule has 0 atom stereocenters. The van der Waals surface area contributed by atoms with E-state index in [4.69, 9.17) is 15.7 Å². The zero-order valence-corrected chi connectivity index (χ0v) is 13.3. The molecular weight excluding hydrogens is 326 g/mol. The molecule has 6 nitrogen and oxygen atoms in total. The molecule has 0 amide bonds. The Morgan fingerprint density at radius 1 is 1.33 bits per heavy atom. The maximum atomic E-state index is 12.8. The van der Waals surface area contributed by atoms with Crippen LogP contribution < -0.4 is 16.2 Å². The van der Waals surface area contributed by atoms with E-state index in [1.165, 1.54) is 6.20 Å². The fourth-order valence-corrected chi connectivity index (χ4v) is 2.62. The zero-order valence-electron chi connectivity index (χ0n) is 15.6. The summed E-state index contributed by atoms with van der Waals surface area (Å²) in [7, 11) is 0. The first-order valence-electron chi connectivity index (χ1n) is 9.03. The number of halogens is 1. The molecule has 0 aromatic carbocycles. The fraction of sp³-hybridized carbons (Fsp3) is 0.235. The van der Waals surface area contributed by atoms with Crippen molar-refractivity contribution in [2.24, 2.45) is 6.98 Å². The van der Waals surface area contributed by atoms with Gasteiger partial charge in [0.05, 0.1) is 5.39 Å². The number of hydrogen-bond acceptors (Lipinski definition) is 5. The van der Waals surface area contributed by atoms with Crippen LogP contribution in [0.1, 0.15) is 17.0 Å². The van der Waals surface area contributed by atoms with Crippen LogP contribution in [0.15, 0.2) is 41.5 Å². The Bertz CT molecular complexity index is 1080. The second-order valence-electron chi connectivity index (χ2n) is 5.71. The van der Waals surface area contributed by atoms with Crippen LogP contribution in [0.4, 0.5) is 17.5 Å². The molecule has 7 heteroatoms. The zero-order chi connectivity index (χ0) is 19.2. The molecule has 2 N–H and O–H groups in total. The average molecular weight is 345 g/mol. The molecule has 1 aliphatic rings. The van der Waals surface area contributed by atoms with Crippen LogP contribution in [-0.4, -0.2) is 20.6 Å². The number of aryl methyl sites for hydroxylation is 1. The third kappa shape index (κ3) is 2.92. The van der Waals surface area contributed by atoms with Crippen molar-refractivity contribution in [3.05, 3.63) is 52.0 Å². The first-order valence-corrected chi connectivity index (χ1v) is 7.91. The van der Waals surface area contributed by atoms with Crippen molar-refractivity contribution in [2.75, 3.05) is 10.6 Å². The third-order valence-corrected chi connectivity index (χ3v) is 4.02. The van der Waals surface area contributed by atoms with Crippen molar-refractivity contribution in [1.82, 2.24) is 14.5 Å². The molecule has 0 bridgehead atoms. The van der Waals surface area contributed by atoms with E-state index in [-0.39, 0.29) is 11.4 Å². The van der Waals surface area contributed by atoms with Crippen LogP contribution in [-0.2, 0) is 6.98 Å². The fourth-order valence-electron chi connectivity index (χ4n) is 2.46. The van der Waals surface area contributed by atoms with Gasteiger partial charge in [-0.15, -0.1) is 0 Å². The van der Waals surface area contributed by atoms with E-state index < -0.39 is 12.5 Å². The Morgan fingerprint density at radius 2 is 2.21 bits per heavy atom. The van der Waals surface area contributed by atoms with Crippen molar-refractivity contribution in [3.63, 3.8) is 0 Å². The summed E-state index contributed by atoms with van der Waals surface area (Å²) in [5, 5.41) is 7.66. The van der Waals surface area contributed by atoms with E-state index in [2.05, 4.69) is 20.6 Å². The predicted octanol–water partition coefficient (Wildman–Crippen LogP) is 3.30. The van der Waals surface area contributed by atoms with Crippen LogP contribution in [0.2, 0.25) is 5.02 Å². The number of fused-ring (bicyclic) bond motifs is 1. The lowest BCUT2D eigenvalue weighted by molar-refractivity contribution is 0.872. The molecule has 0 radical (unpaired) electrons. The standard InChI is InChI=1S/C17H16ClN5O/c1-23-7-5-10-8-14(21-13-9-11(18)4-6-19-13)22-16(15(10)17(23)24)20-12-2-3-12/h4-9,12H,2-3H2,1H3,(H2,19,20,21,22)/i1D3. The number of rotatable bonds is 4. The van der Waals surface area contributed by atoms with Gasteiger partial charge in [-0.25, -0.2) is 9.97 Å². The second-order valence-corrected chi connectivity index (χ2v) is 6.15. The monoisotopic (exact) mass is 344 g/mol. The first-order chi connectivity index (χ1) is 12.8.